The number of benzene rings is 1. The Kier molecular flexibility index (Phi) is 4.66. The molecule has 0 amide bonds. The van der Waals surface area contributed by atoms with Crippen molar-refractivity contribution >= 4 is 40.9 Å². The summed E-state index contributed by atoms with van der Waals surface area (Å²) in [6, 6.07) is 4.80. The fourth-order valence-corrected chi connectivity index (χ4v) is 4.35. The van der Waals surface area contributed by atoms with Crippen LogP contribution in [0.3, 0.4) is 0 Å². The lowest BCUT2D eigenvalue weighted by atomic mass is 10.1. The van der Waals surface area contributed by atoms with E-state index in [4.69, 9.17) is 10.8 Å². The Bertz CT molecular complexity index is 434. The first-order valence-electron chi connectivity index (χ1n) is 5.73. The summed E-state index contributed by atoms with van der Waals surface area (Å²) in [6.07, 6.45) is 0. The molecule has 0 saturated carbocycles. The molecule has 0 spiro atoms. The quantitative estimate of drug-likeness (QED) is 0.736. The average Bonchev–Trinajstić information content (AvgIpc) is 2.38. The molecule has 6 heteroatoms. The summed E-state index contributed by atoms with van der Waals surface area (Å²) in [5, 5.41) is 12.7. The Balaban J connectivity index is 1.94. The Morgan fingerprint density at radius 3 is 2.94 bits per heavy atom. The van der Waals surface area contributed by atoms with E-state index in [-0.39, 0.29) is 5.56 Å². The maximum absolute atomic E-state index is 10.8. The molecule has 98 valence electrons. The molecule has 1 aromatic rings. The van der Waals surface area contributed by atoms with Crippen molar-refractivity contribution in [1.29, 1.82) is 0 Å². The van der Waals surface area contributed by atoms with Gasteiger partial charge < -0.3 is 16.2 Å². The molecule has 1 heterocycles. The number of carboxylic acids is 1. The molecule has 1 aliphatic rings. The minimum atomic E-state index is -0.951. The smallest absolute Gasteiger partial charge is 0.335 e. The van der Waals surface area contributed by atoms with E-state index in [1.807, 2.05) is 23.5 Å². The number of thioether (sulfide) groups is 2. The molecule has 1 saturated heterocycles. The molecule has 18 heavy (non-hydrogen) atoms. The molecular weight excluding hydrogens is 268 g/mol. The molecule has 4 N–H and O–H groups in total. The first-order chi connectivity index (χ1) is 8.66. The van der Waals surface area contributed by atoms with Gasteiger partial charge in [-0.3, -0.25) is 0 Å². The number of aromatic carboxylic acids is 1. The van der Waals surface area contributed by atoms with E-state index >= 15 is 0 Å². The van der Waals surface area contributed by atoms with Gasteiger partial charge in [-0.2, -0.15) is 23.5 Å². The lowest BCUT2D eigenvalue weighted by molar-refractivity contribution is 0.0697. The van der Waals surface area contributed by atoms with Crippen molar-refractivity contribution in [3.05, 3.63) is 23.8 Å². The highest BCUT2D eigenvalue weighted by molar-refractivity contribution is 8.06. The Hall–Kier alpha value is -1.01. The van der Waals surface area contributed by atoms with Crippen LogP contribution in [0.25, 0.3) is 0 Å². The van der Waals surface area contributed by atoms with Crippen LogP contribution in [0.15, 0.2) is 18.2 Å². The molecule has 0 bridgehead atoms. The van der Waals surface area contributed by atoms with Crippen LogP contribution in [-0.4, -0.2) is 40.1 Å². The van der Waals surface area contributed by atoms with Crippen LogP contribution in [0, 0.1) is 0 Å². The number of nitrogen functional groups attached to an aromatic ring is 1. The third-order valence-corrected chi connectivity index (χ3v) is 5.55. The average molecular weight is 284 g/mol. The van der Waals surface area contributed by atoms with Crippen molar-refractivity contribution in [3.63, 3.8) is 0 Å². The van der Waals surface area contributed by atoms with Crippen molar-refractivity contribution in [1.82, 2.24) is 0 Å². The van der Waals surface area contributed by atoms with Gasteiger partial charge in [0, 0.05) is 29.1 Å². The van der Waals surface area contributed by atoms with Crippen molar-refractivity contribution in [2.75, 3.05) is 34.9 Å². The monoisotopic (exact) mass is 284 g/mol. The van der Waals surface area contributed by atoms with Crippen LogP contribution >= 0.6 is 23.5 Å². The first kappa shape index (κ1) is 13.4. The third kappa shape index (κ3) is 3.49. The van der Waals surface area contributed by atoms with Crippen molar-refractivity contribution < 1.29 is 9.90 Å². The lowest BCUT2D eigenvalue weighted by Crippen LogP contribution is -2.23. The third-order valence-electron chi connectivity index (χ3n) is 2.70. The zero-order valence-electron chi connectivity index (χ0n) is 9.89. The Morgan fingerprint density at radius 2 is 2.33 bits per heavy atom. The topological polar surface area (TPSA) is 75.4 Å². The van der Waals surface area contributed by atoms with Gasteiger partial charge in [0.05, 0.1) is 16.9 Å². The maximum Gasteiger partial charge on any atom is 0.335 e. The van der Waals surface area contributed by atoms with Gasteiger partial charge in [0.25, 0.3) is 0 Å². The van der Waals surface area contributed by atoms with E-state index in [2.05, 4.69) is 5.32 Å². The Labute approximate surface area is 115 Å². The summed E-state index contributed by atoms with van der Waals surface area (Å²) in [5.41, 5.74) is 7.36. The number of carbonyl (C=O) groups is 1. The SMILES string of the molecule is Nc1cc(C(=O)O)ccc1NCC1CSCCS1. The fourth-order valence-electron chi connectivity index (χ4n) is 1.73. The van der Waals surface area contributed by atoms with Gasteiger partial charge in [-0.25, -0.2) is 4.79 Å². The fraction of sp³-hybridized carbons (Fsp3) is 0.417. The van der Waals surface area contributed by atoms with E-state index in [0.717, 1.165) is 18.0 Å². The second kappa shape index (κ2) is 6.24. The van der Waals surface area contributed by atoms with Crippen LogP contribution in [0.5, 0.6) is 0 Å². The van der Waals surface area contributed by atoms with E-state index in [1.165, 1.54) is 17.6 Å². The van der Waals surface area contributed by atoms with Crippen LogP contribution in [0.1, 0.15) is 10.4 Å². The second-order valence-electron chi connectivity index (χ2n) is 4.06. The van der Waals surface area contributed by atoms with E-state index in [0.29, 0.717) is 10.9 Å². The number of anilines is 2. The second-order valence-corrected chi connectivity index (χ2v) is 6.61. The summed E-state index contributed by atoms with van der Waals surface area (Å²) in [6.45, 7) is 0.869. The predicted octanol–water partition coefficient (Wildman–Crippen LogP) is 2.23. The summed E-state index contributed by atoms with van der Waals surface area (Å²) in [4.78, 5) is 10.8. The number of hydrogen-bond donors (Lipinski definition) is 3. The molecule has 1 aliphatic heterocycles. The summed E-state index contributed by atoms with van der Waals surface area (Å²) >= 11 is 3.96. The molecule has 1 unspecified atom stereocenters. The minimum Gasteiger partial charge on any atom is -0.478 e. The van der Waals surface area contributed by atoms with Crippen molar-refractivity contribution in [3.8, 4) is 0 Å². The lowest BCUT2D eigenvalue weighted by Gasteiger charge is -2.22. The zero-order chi connectivity index (χ0) is 13.0. The minimum absolute atomic E-state index is 0.223. The highest BCUT2D eigenvalue weighted by Gasteiger charge is 2.14. The van der Waals surface area contributed by atoms with Crippen LogP contribution < -0.4 is 11.1 Å². The molecule has 0 aromatic heterocycles. The molecule has 1 atom stereocenters. The number of hydrogen-bond acceptors (Lipinski definition) is 5. The largest absolute Gasteiger partial charge is 0.478 e. The van der Waals surface area contributed by atoms with Gasteiger partial charge in [-0.05, 0) is 18.2 Å². The van der Waals surface area contributed by atoms with Gasteiger partial charge in [0.2, 0.25) is 0 Å². The van der Waals surface area contributed by atoms with Crippen molar-refractivity contribution in [2.45, 2.75) is 5.25 Å². The number of rotatable bonds is 4. The van der Waals surface area contributed by atoms with Gasteiger partial charge in [0.1, 0.15) is 0 Å². The Morgan fingerprint density at radius 1 is 1.50 bits per heavy atom. The zero-order valence-corrected chi connectivity index (χ0v) is 11.5. The molecule has 1 fully saturated rings. The van der Waals surface area contributed by atoms with Gasteiger partial charge in [-0.1, -0.05) is 0 Å². The molecular formula is C12H16N2O2S2. The number of carboxylic acid groups (broad SMARTS) is 1. The molecule has 2 rings (SSSR count). The normalized spacial score (nSPS) is 19.4. The van der Waals surface area contributed by atoms with Crippen LogP contribution in [0.4, 0.5) is 11.4 Å². The number of nitrogens with one attached hydrogen (secondary N) is 1. The first-order valence-corrected chi connectivity index (χ1v) is 7.93. The maximum atomic E-state index is 10.8. The molecule has 0 radical (unpaired) electrons. The number of nitrogens with two attached hydrogens (primary N) is 1. The molecule has 4 nitrogen and oxygen atoms in total. The summed E-state index contributed by atoms with van der Waals surface area (Å²) < 4.78 is 0. The van der Waals surface area contributed by atoms with E-state index < -0.39 is 5.97 Å². The summed E-state index contributed by atoms with van der Waals surface area (Å²) in [5.74, 6) is 2.64. The van der Waals surface area contributed by atoms with Crippen LogP contribution in [-0.2, 0) is 0 Å². The van der Waals surface area contributed by atoms with Gasteiger partial charge in [-0.15, -0.1) is 0 Å². The van der Waals surface area contributed by atoms with Gasteiger partial charge >= 0.3 is 5.97 Å². The van der Waals surface area contributed by atoms with E-state index in [1.54, 1.807) is 12.1 Å². The summed E-state index contributed by atoms with van der Waals surface area (Å²) in [7, 11) is 0. The van der Waals surface area contributed by atoms with Crippen LogP contribution in [0.2, 0.25) is 0 Å². The predicted molar refractivity (Wildman–Crippen MR) is 79.9 cm³/mol. The highest BCUT2D eigenvalue weighted by atomic mass is 32.2. The standard InChI is InChI=1S/C12H16N2O2S2/c13-10-5-8(12(15)16)1-2-11(10)14-6-9-7-17-3-4-18-9/h1-2,5,9,14H,3-4,6-7,13H2,(H,15,16). The van der Waals surface area contributed by atoms with Gasteiger partial charge in [0.15, 0.2) is 0 Å². The van der Waals surface area contributed by atoms with Crippen molar-refractivity contribution in [2.24, 2.45) is 0 Å². The molecule has 0 aliphatic carbocycles. The molecule has 1 aromatic carbocycles. The van der Waals surface area contributed by atoms with E-state index in [9.17, 15) is 4.79 Å². The highest BCUT2D eigenvalue weighted by Crippen LogP contribution is 2.26.